The van der Waals surface area contributed by atoms with Gasteiger partial charge >= 0.3 is 0 Å². The zero-order chi connectivity index (χ0) is 16.9. The highest BCUT2D eigenvalue weighted by molar-refractivity contribution is 9.09. The summed E-state index contributed by atoms with van der Waals surface area (Å²) in [6.07, 6.45) is 2.47. The first-order chi connectivity index (χ1) is 11.7. The lowest BCUT2D eigenvalue weighted by Gasteiger charge is -2.16. The number of thiophene rings is 1. The summed E-state index contributed by atoms with van der Waals surface area (Å²) >= 11 is 4.59. The molecule has 0 aliphatic rings. The van der Waals surface area contributed by atoms with Gasteiger partial charge in [0, 0.05) is 27.9 Å². The van der Waals surface area contributed by atoms with Crippen LogP contribution in [0.15, 0.2) is 41.2 Å². The fourth-order valence-corrected chi connectivity index (χ4v) is 3.60. The van der Waals surface area contributed by atoms with Gasteiger partial charge in [-0.1, -0.05) is 18.2 Å². The molecule has 0 radical (unpaired) electrons. The van der Waals surface area contributed by atoms with Gasteiger partial charge in [-0.25, -0.2) is 0 Å². The van der Waals surface area contributed by atoms with Gasteiger partial charge in [0.1, 0.15) is 11.3 Å². The smallest absolute Gasteiger partial charge is 0.256 e. The van der Waals surface area contributed by atoms with Gasteiger partial charge < -0.3 is 20.1 Å². The van der Waals surface area contributed by atoms with E-state index in [1.807, 2.05) is 30.5 Å². The summed E-state index contributed by atoms with van der Waals surface area (Å²) in [7, 11) is 0. The molecule has 0 unspecified atom stereocenters. The Kier molecular flexibility index (Phi) is 5.55. The van der Waals surface area contributed by atoms with Crippen LogP contribution in [-0.2, 0) is 6.42 Å². The number of hydrogen-bond donors (Lipinski definition) is 3. The molecule has 24 heavy (non-hydrogen) atoms. The van der Waals surface area contributed by atoms with E-state index in [2.05, 4.69) is 26.2 Å². The first-order valence-electron chi connectivity index (χ1n) is 7.44. The van der Waals surface area contributed by atoms with Crippen molar-refractivity contribution in [2.24, 2.45) is 0 Å². The minimum absolute atomic E-state index is 0.135. The topological polar surface area (TPSA) is 74.4 Å². The summed E-state index contributed by atoms with van der Waals surface area (Å²) in [5.74, 6) is 0.296. The quantitative estimate of drug-likeness (QED) is 0.525. The zero-order valence-corrected chi connectivity index (χ0v) is 15.2. The molecule has 1 aromatic carbocycles. The number of benzene rings is 1. The molecule has 3 N–H and O–H groups in total. The SMILES string of the molecule is O=C(N[C@@H](CO)Cc1c[nH]c2ccccc12)c1cscc1OCBr. The van der Waals surface area contributed by atoms with Crippen molar-refractivity contribution in [1.82, 2.24) is 10.3 Å². The molecule has 0 aliphatic carbocycles. The average molecular weight is 409 g/mol. The highest BCUT2D eigenvalue weighted by atomic mass is 79.9. The van der Waals surface area contributed by atoms with Crippen LogP contribution >= 0.6 is 27.3 Å². The van der Waals surface area contributed by atoms with Crippen molar-refractivity contribution in [3.05, 3.63) is 52.3 Å². The van der Waals surface area contributed by atoms with Crippen LogP contribution in [0.2, 0.25) is 0 Å². The monoisotopic (exact) mass is 408 g/mol. The zero-order valence-electron chi connectivity index (χ0n) is 12.8. The van der Waals surface area contributed by atoms with E-state index in [-0.39, 0.29) is 18.6 Å². The van der Waals surface area contributed by atoms with Gasteiger partial charge in [0.05, 0.1) is 18.2 Å². The molecular weight excluding hydrogens is 392 g/mol. The van der Waals surface area contributed by atoms with E-state index in [4.69, 9.17) is 4.74 Å². The Labute approximate surface area is 151 Å². The van der Waals surface area contributed by atoms with Crippen molar-refractivity contribution < 1.29 is 14.6 Å². The summed E-state index contributed by atoms with van der Waals surface area (Å²) in [6.45, 7) is -0.135. The van der Waals surface area contributed by atoms with E-state index in [1.54, 1.807) is 10.8 Å². The van der Waals surface area contributed by atoms with Crippen LogP contribution in [0.5, 0.6) is 5.75 Å². The van der Waals surface area contributed by atoms with Crippen molar-refractivity contribution in [2.45, 2.75) is 12.5 Å². The van der Waals surface area contributed by atoms with Crippen LogP contribution < -0.4 is 10.1 Å². The first kappa shape index (κ1) is 17.0. The summed E-state index contributed by atoms with van der Waals surface area (Å²) in [5.41, 5.74) is 2.91. The number of hydrogen-bond acceptors (Lipinski definition) is 4. The molecule has 1 atom stereocenters. The average Bonchev–Trinajstić information content (AvgIpc) is 3.22. The second kappa shape index (κ2) is 7.83. The number of alkyl halides is 1. The van der Waals surface area contributed by atoms with E-state index in [0.717, 1.165) is 16.5 Å². The molecule has 0 bridgehead atoms. The highest BCUT2D eigenvalue weighted by Gasteiger charge is 2.19. The molecule has 5 nitrogen and oxygen atoms in total. The summed E-state index contributed by atoms with van der Waals surface area (Å²) in [4.78, 5) is 15.7. The number of fused-ring (bicyclic) bond motifs is 1. The number of H-pyrrole nitrogens is 1. The molecule has 3 rings (SSSR count). The minimum atomic E-state index is -0.367. The normalized spacial score (nSPS) is 12.2. The van der Waals surface area contributed by atoms with Crippen LogP contribution in [0.1, 0.15) is 15.9 Å². The lowest BCUT2D eigenvalue weighted by Crippen LogP contribution is -2.39. The third-order valence-electron chi connectivity index (χ3n) is 3.78. The molecule has 0 aliphatic heterocycles. The van der Waals surface area contributed by atoms with E-state index >= 15 is 0 Å². The van der Waals surface area contributed by atoms with Crippen molar-refractivity contribution in [3.63, 3.8) is 0 Å². The largest absolute Gasteiger partial charge is 0.481 e. The number of rotatable bonds is 7. The van der Waals surface area contributed by atoms with Crippen molar-refractivity contribution in [1.29, 1.82) is 0 Å². The predicted octanol–water partition coefficient (Wildman–Crippen LogP) is 3.29. The van der Waals surface area contributed by atoms with Gasteiger partial charge in [0.2, 0.25) is 0 Å². The second-order valence-electron chi connectivity index (χ2n) is 5.32. The Morgan fingerprint density at radius 2 is 2.21 bits per heavy atom. The fraction of sp³-hybridized carbons (Fsp3) is 0.235. The summed E-state index contributed by atoms with van der Waals surface area (Å²) in [6, 6.07) is 7.60. The van der Waals surface area contributed by atoms with Gasteiger partial charge in [-0.15, -0.1) is 11.3 Å². The number of carbonyl (C=O) groups is 1. The molecule has 126 valence electrons. The second-order valence-corrected chi connectivity index (χ2v) is 6.52. The molecule has 0 saturated carbocycles. The van der Waals surface area contributed by atoms with E-state index in [0.29, 0.717) is 23.2 Å². The van der Waals surface area contributed by atoms with E-state index in [9.17, 15) is 9.90 Å². The summed E-state index contributed by atoms with van der Waals surface area (Å²) in [5, 5.41) is 17.2. The maximum absolute atomic E-state index is 12.4. The molecule has 3 aromatic rings. The minimum Gasteiger partial charge on any atom is -0.481 e. The predicted molar refractivity (Wildman–Crippen MR) is 99.1 cm³/mol. The van der Waals surface area contributed by atoms with Gasteiger partial charge in [0.25, 0.3) is 5.91 Å². The first-order valence-corrected chi connectivity index (χ1v) is 9.51. The number of aliphatic hydroxyl groups excluding tert-OH is 1. The molecule has 2 aromatic heterocycles. The van der Waals surface area contributed by atoms with Crippen molar-refractivity contribution >= 4 is 44.1 Å². The van der Waals surface area contributed by atoms with E-state index in [1.165, 1.54) is 11.3 Å². The Morgan fingerprint density at radius 1 is 1.38 bits per heavy atom. The standard InChI is InChI=1S/C17H17BrN2O3S/c18-10-23-16-9-24-8-14(16)17(22)20-12(7-21)5-11-6-19-15-4-2-1-3-13(11)15/h1-4,6,8-9,12,19,21H,5,7,10H2,(H,20,22)/t12-/m1/s1. The maximum atomic E-state index is 12.4. The lowest BCUT2D eigenvalue weighted by molar-refractivity contribution is 0.0914. The molecular formula is C17H17BrN2O3S. The Balaban J connectivity index is 1.72. The molecule has 0 fully saturated rings. The number of halogens is 1. The third kappa shape index (κ3) is 3.63. The number of para-hydroxylation sites is 1. The Hall–Kier alpha value is -1.83. The van der Waals surface area contributed by atoms with Crippen LogP contribution in [0.25, 0.3) is 10.9 Å². The molecule has 0 saturated heterocycles. The third-order valence-corrected chi connectivity index (χ3v) is 4.73. The van der Waals surface area contributed by atoms with Crippen LogP contribution in [0.3, 0.4) is 0 Å². The number of aromatic nitrogens is 1. The number of aromatic amines is 1. The molecule has 7 heteroatoms. The number of aliphatic hydroxyl groups is 1. The highest BCUT2D eigenvalue weighted by Crippen LogP contribution is 2.24. The Bertz CT molecular complexity index is 830. The van der Waals surface area contributed by atoms with Gasteiger partial charge in [-0.3, -0.25) is 4.79 Å². The summed E-state index contributed by atoms with van der Waals surface area (Å²) < 4.78 is 5.38. The molecule has 0 spiro atoms. The Morgan fingerprint density at radius 3 is 3.00 bits per heavy atom. The lowest BCUT2D eigenvalue weighted by atomic mass is 10.1. The number of nitrogens with one attached hydrogen (secondary N) is 2. The van der Waals surface area contributed by atoms with Crippen LogP contribution in [0, 0.1) is 0 Å². The molecule has 2 heterocycles. The van der Waals surface area contributed by atoms with Crippen LogP contribution in [0.4, 0.5) is 0 Å². The van der Waals surface area contributed by atoms with E-state index < -0.39 is 0 Å². The maximum Gasteiger partial charge on any atom is 0.256 e. The van der Waals surface area contributed by atoms with Crippen molar-refractivity contribution in [3.8, 4) is 5.75 Å². The number of carbonyl (C=O) groups excluding carboxylic acids is 1. The van der Waals surface area contributed by atoms with Gasteiger partial charge in [-0.2, -0.15) is 0 Å². The fourth-order valence-electron chi connectivity index (χ4n) is 2.61. The number of amides is 1. The van der Waals surface area contributed by atoms with Gasteiger partial charge in [-0.05, 0) is 34.0 Å². The molecule has 1 amide bonds. The van der Waals surface area contributed by atoms with Crippen LogP contribution in [-0.4, -0.2) is 34.2 Å². The number of ether oxygens (including phenoxy) is 1. The van der Waals surface area contributed by atoms with Crippen molar-refractivity contribution in [2.75, 3.05) is 12.1 Å². The van der Waals surface area contributed by atoms with Gasteiger partial charge in [0.15, 0.2) is 0 Å².